The SMILES string of the molecule is O=C(O)c1oc2c(Cl)cncc2c1Nc1ccc(I)cc1F.[NaH]. The van der Waals surface area contributed by atoms with Gasteiger partial charge in [0.05, 0.1) is 11.1 Å². The van der Waals surface area contributed by atoms with Crippen LogP contribution < -0.4 is 5.32 Å². The second kappa shape index (κ2) is 7.35. The molecule has 3 aromatic rings. The minimum absolute atomic E-state index is 0. The molecule has 1 aromatic carbocycles. The van der Waals surface area contributed by atoms with Gasteiger partial charge in [-0.05, 0) is 40.8 Å². The van der Waals surface area contributed by atoms with E-state index >= 15 is 0 Å². The van der Waals surface area contributed by atoms with Crippen LogP contribution in [0.15, 0.2) is 35.0 Å². The molecule has 0 atom stereocenters. The van der Waals surface area contributed by atoms with Gasteiger partial charge in [0.25, 0.3) is 0 Å². The van der Waals surface area contributed by atoms with Crippen LogP contribution in [0.2, 0.25) is 5.02 Å². The number of carboxylic acids is 1. The van der Waals surface area contributed by atoms with Crippen LogP contribution in [-0.2, 0) is 0 Å². The first-order chi connectivity index (χ1) is 10.5. The molecule has 9 heteroatoms. The number of carbonyl (C=O) groups is 1. The van der Waals surface area contributed by atoms with E-state index in [2.05, 4.69) is 10.3 Å². The Bertz CT molecular complexity index is 903. The third-order valence-electron chi connectivity index (χ3n) is 2.94. The number of nitrogens with one attached hydrogen (secondary N) is 1. The summed E-state index contributed by atoms with van der Waals surface area (Å²) in [6, 6.07) is 4.54. The van der Waals surface area contributed by atoms with E-state index in [4.69, 9.17) is 16.0 Å². The molecule has 5 nitrogen and oxygen atoms in total. The van der Waals surface area contributed by atoms with Crippen LogP contribution >= 0.6 is 34.2 Å². The molecule has 0 aliphatic rings. The molecule has 3 rings (SSSR count). The third-order valence-corrected chi connectivity index (χ3v) is 3.88. The third kappa shape index (κ3) is 3.63. The van der Waals surface area contributed by atoms with E-state index in [-0.39, 0.29) is 57.3 Å². The van der Waals surface area contributed by atoms with Crippen LogP contribution in [0.25, 0.3) is 11.0 Å². The van der Waals surface area contributed by atoms with Gasteiger partial charge in [-0.1, -0.05) is 11.6 Å². The minimum atomic E-state index is -1.29. The number of hydrogen-bond acceptors (Lipinski definition) is 4. The zero-order chi connectivity index (χ0) is 15.9. The quantitative estimate of drug-likeness (QED) is 0.460. The first-order valence-electron chi connectivity index (χ1n) is 5.98. The van der Waals surface area contributed by atoms with Crippen LogP contribution in [0.1, 0.15) is 10.6 Å². The molecule has 0 amide bonds. The van der Waals surface area contributed by atoms with Gasteiger partial charge in [0.15, 0.2) is 5.58 Å². The van der Waals surface area contributed by atoms with E-state index in [9.17, 15) is 14.3 Å². The van der Waals surface area contributed by atoms with Gasteiger partial charge < -0.3 is 14.8 Å². The molecule has 0 aliphatic heterocycles. The Morgan fingerprint density at radius 2 is 2.13 bits per heavy atom. The van der Waals surface area contributed by atoms with Gasteiger partial charge in [-0.25, -0.2) is 9.18 Å². The van der Waals surface area contributed by atoms with Crippen molar-refractivity contribution in [3.8, 4) is 0 Å². The molecule has 114 valence electrons. The number of carboxylic acid groups (broad SMARTS) is 1. The molecule has 0 aliphatic carbocycles. The average Bonchev–Trinajstić information content (AvgIpc) is 2.82. The fourth-order valence-electron chi connectivity index (χ4n) is 1.98. The van der Waals surface area contributed by atoms with Gasteiger partial charge in [0.2, 0.25) is 5.76 Å². The second-order valence-electron chi connectivity index (χ2n) is 4.36. The number of pyridine rings is 1. The van der Waals surface area contributed by atoms with Crippen LogP contribution in [0.4, 0.5) is 15.8 Å². The van der Waals surface area contributed by atoms with Gasteiger partial charge in [-0.15, -0.1) is 0 Å². The van der Waals surface area contributed by atoms with Crippen LogP contribution in [0.3, 0.4) is 0 Å². The maximum atomic E-state index is 14.0. The van der Waals surface area contributed by atoms with Gasteiger partial charge in [-0.2, -0.15) is 0 Å². The number of halogens is 3. The van der Waals surface area contributed by atoms with E-state index < -0.39 is 11.8 Å². The van der Waals surface area contributed by atoms with Crippen molar-refractivity contribution in [1.82, 2.24) is 4.98 Å². The van der Waals surface area contributed by atoms with Crippen molar-refractivity contribution in [1.29, 1.82) is 0 Å². The second-order valence-corrected chi connectivity index (χ2v) is 6.01. The molecule has 0 spiro atoms. The van der Waals surface area contributed by atoms with Crippen molar-refractivity contribution >= 4 is 92.1 Å². The summed E-state index contributed by atoms with van der Waals surface area (Å²) in [7, 11) is 0. The van der Waals surface area contributed by atoms with Gasteiger partial charge >= 0.3 is 35.5 Å². The molecule has 0 fully saturated rings. The number of anilines is 2. The normalized spacial score (nSPS) is 10.4. The predicted molar refractivity (Wildman–Crippen MR) is 95.5 cm³/mol. The number of furan rings is 1. The van der Waals surface area contributed by atoms with E-state index in [0.29, 0.717) is 5.39 Å². The van der Waals surface area contributed by atoms with E-state index in [1.807, 2.05) is 22.6 Å². The van der Waals surface area contributed by atoms with Crippen molar-refractivity contribution in [3.63, 3.8) is 0 Å². The predicted octanol–water partition coefficient (Wildman–Crippen LogP) is 4.02. The standard InChI is InChI=1S/C14H7ClFIN2O3.Na.H/c15-8-5-18-4-7-11(13(14(20)21)22-12(7)8)19-10-2-1-6(17)3-9(10)16;;/h1-5,19H,(H,20,21);;. The Balaban J connectivity index is 0.00000192. The topological polar surface area (TPSA) is 75.4 Å². The number of rotatable bonds is 3. The molecule has 0 bridgehead atoms. The van der Waals surface area contributed by atoms with Crippen molar-refractivity contribution in [3.05, 3.63) is 50.8 Å². The van der Waals surface area contributed by atoms with Crippen molar-refractivity contribution in [2.45, 2.75) is 0 Å². The first-order valence-corrected chi connectivity index (χ1v) is 7.44. The summed E-state index contributed by atoms with van der Waals surface area (Å²) in [5.74, 6) is -2.16. The maximum absolute atomic E-state index is 14.0. The Morgan fingerprint density at radius 3 is 2.78 bits per heavy atom. The molecular formula is C14H8ClFIN2NaO3. The molecule has 0 radical (unpaired) electrons. The molecule has 0 unspecified atom stereocenters. The van der Waals surface area contributed by atoms with Crippen molar-refractivity contribution in [2.75, 3.05) is 5.32 Å². The Labute approximate surface area is 170 Å². The number of hydrogen-bond donors (Lipinski definition) is 2. The monoisotopic (exact) mass is 456 g/mol. The summed E-state index contributed by atoms with van der Waals surface area (Å²) in [6.07, 6.45) is 2.75. The summed E-state index contributed by atoms with van der Waals surface area (Å²) < 4.78 is 20.0. The molecular weight excluding hydrogens is 449 g/mol. The summed E-state index contributed by atoms with van der Waals surface area (Å²) >= 11 is 7.93. The van der Waals surface area contributed by atoms with E-state index in [1.165, 1.54) is 24.5 Å². The molecule has 0 saturated carbocycles. The Hall–Kier alpha value is -0.870. The fraction of sp³-hybridized carbons (Fsp3) is 0. The number of nitrogens with zero attached hydrogens (tertiary/aromatic N) is 1. The zero-order valence-corrected chi connectivity index (χ0v) is 13.6. The number of aromatic carboxylic acids is 1. The first kappa shape index (κ1) is 18.5. The Morgan fingerprint density at radius 1 is 1.39 bits per heavy atom. The number of benzene rings is 1. The molecule has 0 saturated heterocycles. The van der Waals surface area contributed by atoms with Crippen molar-refractivity contribution < 1.29 is 18.7 Å². The molecule has 23 heavy (non-hydrogen) atoms. The van der Waals surface area contributed by atoms with Gasteiger partial charge in [0, 0.05) is 16.0 Å². The van der Waals surface area contributed by atoms with Crippen LogP contribution in [-0.4, -0.2) is 45.6 Å². The molecule has 2 aromatic heterocycles. The Kier molecular flexibility index (Phi) is 5.90. The van der Waals surface area contributed by atoms with Gasteiger partial charge in [0.1, 0.15) is 16.5 Å². The fourth-order valence-corrected chi connectivity index (χ4v) is 2.63. The number of aromatic nitrogens is 1. The molecule has 2 N–H and O–H groups in total. The summed E-state index contributed by atoms with van der Waals surface area (Å²) in [5.41, 5.74) is 0.422. The van der Waals surface area contributed by atoms with E-state index in [0.717, 1.165) is 3.57 Å². The summed E-state index contributed by atoms with van der Waals surface area (Å²) in [6.45, 7) is 0. The van der Waals surface area contributed by atoms with Crippen LogP contribution in [0, 0.1) is 9.39 Å². The molecule has 2 heterocycles. The summed E-state index contributed by atoms with van der Waals surface area (Å²) in [5, 5.41) is 12.5. The summed E-state index contributed by atoms with van der Waals surface area (Å²) in [4.78, 5) is 15.2. The van der Waals surface area contributed by atoms with Crippen LogP contribution in [0.5, 0.6) is 0 Å². The van der Waals surface area contributed by atoms with E-state index in [1.54, 1.807) is 6.07 Å². The van der Waals surface area contributed by atoms with Gasteiger partial charge in [-0.3, -0.25) is 4.98 Å². The zero-order valence-electron chi connectivity index (χ0n) is 10.7. The van der Waals surface area contributed by atoms with Crippen molar-refractivity contribution in [2.24, 2.45) is 0 Å². The number of fused-ring (bicyclic) bond motifs is 1. The average molecular weight is 457 g/mol.